The van der Waals surface area contributed by atoms with Gasteiger partial charge in [0.25, 0.3) is 0 Å². The third-order valence-corrected chi connectivity index (χ3v) is 4.41. The molecule has 1 aromatic carbocycles. The molecular formula is C18H30NO2+. The minimum absolute atomic E-state index is 0.638. The monoisotopic (exact) mass is 292 g/mol. The van der Waals surface area contributed by atoms with Gasteiger partial charge in [0, 0.05) is 0 Å². The van der Waals surface area contributed by atoms with Crippen LogP contribution in [0.2, 0.25) is 0 Å². The van der Waals surface area contributed by atoms with Gasteiger partial charge in [-0.3, -0.25) is 0 Å². The van der Waals surface area contributed by atoms with Crippen molar-refractivity contribution in [3.63, 3.8) is 0 Å². The third-order valence-electron chi connectivity index (χ3n) is 4.41. The van der Waals surface area contributed by atoms with Crippen molar-refractivity contribution < 1.29 is 14.4 Å². The number of benzene rings is 1. The summed E-state index contributed by atoms with van der Waals surface area (Å²) in [4.78, 5) is 1.70. The van der Waals surface area contributed by atoms with E-state index in [2.05, 4.69) is 32.9 Å². The highest BCUT2D eigenvalue weighted by Gasteiger charge is 2.12. The molecule has 0 spiro atoms. The Kier molecular flexibility index (Phi) is 6.52. The van der Waals surface area contributed by atoms with Crippen molar-refractivity contribution in [1.29, 1.82) is 0 Å². The first-order valence-electron chi connectivity index (χ1n) is 8.29. The molecule has 118 valence electrons. The highest BCUT2D eigenvalue weighted by molar-refractivity contribution is 5.41. The lowest BCUT2D eigenvalue weighted by Crippen LogP contribution is -3.13. The molecule has 1 aliphatic rings. The van der Waals surface area contributed by atoms with Gasteiger partial charge in [0.05, 0.1) is 26.3 Å². The van der Waals surface area contributed by atoms with Crippen LogP contribution in [-0.4, -0.2) is 39.5 Å². The van der Waals surface area contributed by atoms with E-state index in [9.17, 15) is 0 Å². The molecule has 1 saturated heterocycles. The van der Waals surface area contributed by atoms with Crippen LogP contribution in [0.4, 0.5) is 0 Å². The second-order valence-corrected chi connectivity index (χ2v) is 6.23. The number of piperidine rings is 1. The van der Waals surface area contributed by atoms with Crippen molar-refractivity contribution in [3.8, 4) is 5.75 Å². The van der Waals surface area contributed by atoms with Crippen LogP contribution in [0.5, 0.6) is 5.75 Å². The van der Waals surface area contributed by atoms with Gasteiger partial charge in [0.2, 0.25) is 0 Å². The van der Waals surface area contributed by atoms with Crippen molar-refractivity contribution in [2.24, 2.45) is 0 Å². The predicted molar refractivity (Wildman–Crippen MR) is 86.4 cm³/mol. The van der Waals surface area contributed by atoms with Gasteiger partial charge < -0.3 is 14.4 Å². The summed E-state index contributed by atoms with van der Waals surface area (Å²) in [6.45, 7) is 12.3. The molecule has 1 fully saturated rings. The summed E-state index contributed by atoms with van der Waals surface area (Å²) in [7, 11) is 0. The Labute approximate surface area is 129 Å². The average Bonchev–Trinajstić information content (AvgIpc) is 2.48. The highest BCUT2D eigenvalue weighted by Crippen LogP contribution is 2.23. The normalized spacial score (nSPS) is 16.1. The molecule has 3 nitrogen and oxygen atoms in total. The van der Waals surface area contributed by atoms with E-state index < -0.39 is 0 Å². The van der Waals surface area contributed by atoms with Crippen molar-refractivity contribution in [3.05, 3.63) is 28.8 Å². The number of ether oxygens (including phenoxy) is 2. The number of aryl methyl sites for hydroxylation is 2. The molecule has 0 aromatic heterocycles. The smallest absolute Gasteiger partial charge is 0.122 e. The largest absolute Gasteiger partial charge is 0.491 e. The van der Waals surface area contributed by atoms with Gasteiger partial charge in [-0.25, -0.2) is 0 Å². The lowest BCUT2D eigenvalue weighted by Gasteiger charge is -2.23. The standard InChI is InChI=1S/C18H29NO2/c1-15-13-16(2)17(3)18(14-15)21-12-11-20-10-9-19-7-5-4-6-8-19/h13-14H,4-12H2,1-3H3/p+1. The van der Waals surface area contributed by atoms with Gasteiger partial charge in [-0.2, -0.15) is 0 Å². The summed E-state index contributed by atoms with van der Waals surface area (Å²) in [5.41, 5.74) is 3.78. The molecular weight excluding hydrogens is 262 g/mol. The SMILES string of the molecule is Cc1cc(C)c(C)c(OCCOCC[NH+]2CCCCC2)c1. The number of nitrogens with one attached hydrogen (secondary N) is 1. The molecule has 3 heteroatoms. The van der Waals surface area contributed by atoms with Crippen LogP contribution in [0.25, 0.3) is 0 Å². The van der Waals surface area contributed by atoms with E-state index >= 15 is 0 Å². The molecule has 0 radical (unpaired) electrons. The van der Waals surface area contributed by atoms with Gasteiger partial charge in [-0.05, 0) is 62.8 Å². The molecule has 21 heavy (non-hydrogen) atoms. The molecule has 0 bridgehead atoms. The van der Waals surface area contributed by atoms with E-state index in [1.807, 2.05) is 0 Å². The van der Waals surface area contributed by atoms with Crippen molar-refractivity contribution in [2.45, 2.75) is 40.0 Å². The lowest BCUT2D eigenvalue weighted by molar-refractivity contribution is -0.905. The number of rotatable bonds is 7. The molecule has 1 aromatic rings. The molecule has 0 aliphatic carbocycles. The second kappa shape index (κ2) is 8.40. The minimum Gasteiger partial charge on any atom is -0.491 e. The Balaban J connectivity index is 1.61. The fourth-order valence-electron chi connectivity index (χ4n) is 2.98. The van der Waals surface area contributed by atoms with Gasteiger partial charge >= 0.3 is 0 Å². The number of hydrogen-bond acceptors (Lipinski definition) is 2. The lowest BCUT2D eigenvalue weighted by atomic mass is 10.1. The summed E-state index contributed by atoms with van der Waals surface area (Å²) in [5, 5.41) is 0. The van der Waals surface area contributed by atoms with Crippen LogP contribution in [0, 0.1) is 20.8 Å². The van der Waals surface area contributed by atoms with E-state index in [1.54, 1.807) is 4.90 Å². The molecule has 0 saturated carbocycles. The first-order valence-corrected chi connectivity index (χ1v) is 8.29. The zero-order valence-corrected chi connectivity index (χ0v) is 13.8. The van der Waals surface area contributed by atoms with E-state index in [0.717, 1.165) is 18.9 Å². The molecule has 2 rings (SSSR count). The maximum atomic E-state index is 5.86. The molecule has 1 heterocycles. The fourth-order valence-corrected chi connectivity index (χ4v) is 2.98. The molecule has 0 atom stereocenters. The van der Waals surface area contributed by atoms with Crippen LogP contribution in [0.3, 0.4) is 0 Å². The van der Waals surface area contributed by atoms with Crippen molar-refractivity contribution >= 4 is 0 Å². The van der Waals surface area contributed by atoms with Crippen molar-refractivity contribution in [2.75, 3.05) is 39.5 Å². The molecule has 1 N–H and O–H groups in total. The van der Waals surface area contributed by atoms with Crippen molar-refractivity contribution in [1.82, 2.24) is 0 Å². The Morgan fingerprint density at radius 1 is 0.952 bits per heavy atom. The van der Waals surface area contributed by atoms with Crippen LogP contribution in [0.15, 0.2) is 12.1 Å². The maximum absolute atomic E-state index is 5.86. The Bertz CT molecular complexity index is 439. The number of quaternary nitrogens is 1. The summed E-state index contributed by atoms with van der Waals surface area (Å²) in [6.07, 6.45) is 4.17. The fraction of sp³-hybridized carbons (Fsp3) is 0.667. The zero-order valence-electron chi connectivity index (χ0n) is 13.8. The second-order valence-electron chi connectivity index (χ2n) is 6.23. The Morgan fingerprint density at radius 3 is 2.48 bits per heavy atom. The van der Waals surface area contributed by atoms with Gasteiger partial charge in [0.1, 0.15) is 18.9 Å². The number of likely N-dealkylation sites (tertiary alicyclic amines) is 1. The van der Waals surface area contributed by atoms with E-state index in [0.29, 0.717) is 13.2 Å². The van der Waals surface area contributed by atoms with Gasteiger partial charge in [-0.15, -0.1) is 0 Å². The van der Waals surface area contributed by atoms with E-state index in [4.69, 9.17) is 9.47 Å². The van der Waals surface area contributed by atoms with Gasteiger partial charge in [-0.1, -0.05) is 6.07 Å². The summed E-state index contributed by atoms with van der Waals surface area (Å²) in [6, 6.07) is 4.31. The average molecular weight is 292 g/mol. The summed E-state index contributed by atoms with van der Waals surface area (Å²) in [5.74, 6) is 0.998. The van der Waals surface area contributed by atoms with Crippen LogP contribution in [-0.2, 0) is 4.74 Å². The highest BCUT2D eigenvalue weighted by atomic mass is 16.5. The first-order chi connectivity index (χ1) is 10.2. The Morgan fingerprint density at radius 2 is 1.71 bits per heavy atom. The van der Waals surface area contributed by atoms with E-state index in [-0.39, 0.29) is 0 Å². The molecule has 1 aliphatic heterocycles. The van der Waals surface area contributed by atoms with Gasteiger partial charge in [0.15, 0.2) is 0 Å². The third kappa shape index (κ3) is 5.33. The minimum atomic E-state index is 0.638. The quantitative estimate of drug-likeness (QED) is 0.778. The number of hydrogen-bond donors (Lipinski definition) is 1. The maximum Gasteiger partial charge on any atom is 0.122 e. The zero-order chi connectivity index (χ0) is 15.1. The first kappa shape index (κ1) is 16.3. The van der Waals surface area contributed by atoms with Crippen LogP contribution < -0.4 is 9.64 Å². The summed E-state index contributed by atoms with van der Waals surface area (Å²) >= 11 is 0. The van der Waals surface area contributed by atoms with Crippen LogP contribution in [0.1, 0.15) is 36.0 Å². The Hall–Kier alpha value is -1.06. The van der Waals surface area contributed by atoms with Crippen LogP contribution >= 0.6 is 0 Å². The summed E-state index contributed by atoms with van der Waals surface area (Å²) < 4.78 is 11.6. The predicted octanol–water partition coefficient (Wildman–Crippen LogP) is 2.08. The molecule has 0 amide bonds. The topological polar surface area (TPSA) is 22.9 Å². The molecule has 0 unspecified atom stereocenters. The van der Waals surface area contributed by atoms with E-state index in [1.165, 1.54) is 49.0 Å².